The highest BCUT2D eigenvalue weighted by Gasteiger charge is 2.30. The molecule has 6 nitrogen and oxygen atoms in total. The molecule has 2 atom stereocenters. The summed E-state index contributed by atoms with van der Waals surface area (Å²) >= 11 is 0. The Morgan fingerprint density at radius 1 is 1.27 bits per heavy atom. The molecule has 1 aromatic heterocycles. The van der Waals surface area contributed by atoms with Crippen LogP contribution < -0.4 is 10.6 Å². The van der Waals surface area contributed by atoms with Gasteiger partial charge in [-0.3, -0.25) is 10.1 Å². The Kier molecular flexibility index (Phi) is 5.11. The molecular formula is C18H21F2N5O. The minimum Gasteiger partial charge on any atom is -0.347 e. The third kappa shape index (κ3) is 3.79. The van der Waals surface area contributed by atoms with Crippen molar-refractivity contribution in [1.82, 2.24) is 15.0 Å². The van der Waals surface area contributed by atoms with Crippen LogP contribution in [0.25, 0.3) is 0 Å². The molecule has 3 rings (SSSR count). The first kappa shape index (κ1) is 18.2. The molecule has 1 aromatic carbocycles. The Morgan fingerprint density at radius 3 is 2.69 bits per heavy atom. The lowest BCUT2D eigenvalue weighted by atomic mass is 10.0. The number of nitrogens with one attached hydrogen (secondary N) is 2. The van der Waals surface area contributed by atoms with Crippen molar-refractivity contribution in [3.8, 4) is 0 Å². The van der Waals surface area contributed by atoms with Crippen LogP contribution in [-0.2, 0) is 11.2 Å². The molecule has 1 amide bonds. The van der Waals surface area contributed by atoms with Gasteiger partial charge in [0, 0.05) is 6.42 Å². The molecule has 1 aliphatic carbocycles. The lowest BCUT2D eigenvalue weighted by Crippen LogP contribution is -2.19. The zero-order valence-electron chi connectivity index (χ0n) is 14.9. The summed E-state index contributed by atoms with van der Waals surface area (Å²) in [7, 11) is 0. The van der Waals surface area contributed by atoms with Crippen LogP contribution in [-0.4, -0.2) is 20.9 Å². The standard InChI is InChI=1S/C18H21F2N5O/c1-4-13(26)21-17-23-16(15(19)20)24-18(25-17)22-14-10(3)8-11-6-5-9(2)7-12(11)14/h5-7,10,14-15H,4,8H2,1-3H3,(H2,21,22,23,24,25,26)/t10-,14+/m0/s1. The second kappa shape index (κ2) is 7.31. The van der Waals surface area contributed by atoms with Crippen LogP contribution in [0.2, 0.25) is 0 Å². The average molecular weight is 361 g/mol. The normalized spacial score (nSPS) is 18.7. The fourth-order valence-corrected chi connectivity index (χ4v) is 3.14. The lowest BCUT2D eigenvalue weighted by Gasteiger charge is -2.19. The van der Waals surface area contributed by atoms with Crippen LogP contribution in [0, 0.1) is 12.8 Å². The molecule has 0 radical (unpaired) electrons. The molecule has 2 aromatic rings. The fraction of sp³-hybridized carbons (Fsp3) is 0.444. The number of fused-ring (bicyclic) bond motifs is 1. The number of aromatic nitrogens is 3. The molecule has 0 aliphatic heterocycles. The largest absolute Gasteiger partial charge is 0.347 e. The van der Waals surface area contributed by atoms with Crippen LogP contribution >= 0.6 is 0 Å². The van der Waals surface area contributed by atoms with Crippen LogP contribution in [0.1, 0.15) is 55.3 Å². The first-order valence-corrected chi connectivity index (χ1v) is 8.57. The Morgan fingerprint density at radius 2 is 2.00 bits per heavy atom. The van der Waals surface area contributed by atoms with E-state index in [1.54, 1.807) is 6.92 Å². The summed E-state index contributed by atoms with van der Waals surface area (Å²) in [5.74, 6) is -0.887. The van der Waals surface area contributed by atoms with Gasteiger partial charge in [-0.2, -0.15) is 15.0 Å². The van der Waals surface area contributed by atoms with Crippen molar-refractivity contribution in [3.63, 3.8) is 0 Å². The zero-order valence-corrected chi connectivity index (χ0v) is 14.9. The van der Waals surface area contributed by atoms with Gasteiger partial charge in [0.1, 0.15) is 0 Å². The number of nitrogens with zero attached hydrogens (tertiary/aromatic N) is 3. The fourth-order valence-electron chi connectivity index (χ4n) is 3.14. The molecule has 2 N–H and O–H groups in total. The number of alkyl halides is 2. The molecule has 138 valence electrons. The van der Waals surface area contributed by atoms with E-state index in [4.69, 9.17) is 0 Å². The number of carbonyl (C=O) groups is 1. The highest BCUT2D eigenvalue weighted by Crippen LogP contribution is 2.38. The molecule has 1 heterocycles. The summed E-state index contributed by atoms with van der Waals surface area (Å²) in [6, 6.07) is 6.15. The number of rotatable bonds is 5. The molecule has 0 saturated carbocycles. The van der Waals surface area contributed by atoms with Crippen LogP contribution in [0.3, 0.4) is 0 Å². The second-order valence-electron chi connectivity index (χ2n) is 6.55. The Hall–Kier alpha value is -2.64. The molecule has 26 heavy (non-hydrogen) atoms. The summed E-state index contributed by atoms with van der Waals surface area (Å²) < 4.78 is 26.3. The number of aryl methyl sites for hydroxylation is 1. The Labute approximate surface area is 150 Å². The van der Waals surface area contributed by atoms with E-state index in [1.165, 1.54) is 5.56 Å². The predicted molar refractivity (Wildman–Crippen MR) is 94.1 cm³/mol. The SMILES string of the molecule is CCC(=O)Nc1nc(N[C@H]2c3cc(C)ccc3C[C@@H]2C)nc(C(F)F)n1. The number of hydrogen-bond donors (Lipinski definition) is 2. The summed E-state index contributed by atoms with van der Waals surface area (Å²) in [5, 5.41) is 5.57. The van der Waals surface area contributed by atoms with Gasteiger partial charge in [0.05, 0.1) is 6.04 Å². The highest BCUT2D eigenvalue weighted by atomic mass is 19.3. The van der Waals surface area contributed by atoms with E-state index >= 15 is 0 Å². The molecule has 1 aliphatic rings. The third-order valence-corrected chi connectivity index (χ3v) is 4.45. The predicted octanol–water partition coefficient (Wildman–Crippen LogP) is 3.81. The van der Waals surface area contributed by atoms with Gasteiger partial charge in [-0.15, -0.1) is 0 Å². The summed E-state index contributed by atoms with van der Waals surface area (Å²) in [5.41, 5.74) is 3.48. The maximum atomic E-state index is 13.1. The van der Waals surface area contributed by atoms with Gasteiger partial charge in [-0.25, -0.2) is 8.78 Å². The van der Waals surface area contributed by atoms with Crippen molar-refractivity contribution >= 4 is 17.8 Å². The van der Waals surface area contributed by atoms with Crippen LogP contribution in [0.5, 0.6) is 0 Å². The molecule has 0 fully saturated rings. The summed E-state index contributed by atoms with van der Waals surface area (Å²) in [6.07, 6.45) is -1.77. The minimum absolute atomic E-state index is 0.0351. The van der Waals surface area contributed by atoms with E-state index in [0.717, 1.165) is 17.5 Å². The molecule has 8 heteroatoms. The minimum atomic E-state index is -2.86. The number of amides is 1. The van der Waals surface area contributed by atoms with Gasteiger partial charge in [0.25, 0.3) is 6.43 Å². The third-order valence-electron chi connectivity index (χ3n) is 4.45. The Bertz CT molecular complexity index is 827. The van der Waals surface area contributed by atoms with Gasteiger partial charge in [-0.1, -0.05) is 37.6 Å². The number of halogens is 2. The second-order valence-corrected chi connectivity index (χ2v) is 6.55. The summed E-state index contributed by atoms with van der Waals surface area (Å²) in [6.45, 7) is 5.75. The monoisotopic (exact) mass is 361 g/mol. The molecule has 0 unspecified atom stereocenters. The maximum absolute atomic E-state index is 13.1. The molecule has 0 saturated heterocycles. The van der Waals surface area contributed by atoms with Gasteiger partial charge < -0.3 is 5.32 Å². The highest BCUT2D eigenvalue weighted by molar-refractivity contribution is 5.88. The number of benzene rings is 1. The van der Waals surface area contributed by atoms with Gasteiger partial charge >= 0.3 is 0 Å². The van der Waals surface area contributed by atoms with E-state index in [9.17, 15) is 13.6 Å². The maximum Gasteiger partial charge on any atom is 0.297 e. The first-order valence-electron chi connectivity index (χ1n) is 8.57. The van der Waals surface area contributed by atoms with Crippen molar-refractivity contribution in [2.75, 3.05) is 10.6 Å². The van der Waals surface area contributed by atoms with Crippen molar-refractivity contribution in [3.05, 3.63) is 40.7 Å². The number of hydrogen-bond acceptors (Lipinski definition) is 5. The van der Waals surface area contributed by atoms with E-state index in [2.05, 4.69) is 50.7 Å². The number of carbonyl (C=O) groups excluding carboxylic acids is 1. The average Bonchev–Trinajstić information content (AvgIpc) is 2.89. The van der Waals surface area contributed by atoms with Crippen LogP contribution in [0.15, 0.2) is 18.2 Å². The topological polar surface area (TPSA) is 79.8 Å². The van der Waals surface area contributed by atoms with E-state index in [0.29, 0.717) is 0 Å². The summed E-state index contributed by atoms with van der Waals surface area (Å²) in [4.78, 5) is 23.1. The zero-order chi connectivity index (χ0) is 18.8. The quantitative estimate of drug-likeness (QED) is 0.846. The number of anilines is 2. The first-order chi connectivity index (χ1) is 12.4. The van der Waals surface area contributed by atoms with Gasteiger partial charge in [-0.05, 0) is 30.4 Å². The van der Waals surface area contributed by atoms with Crippen molar-refractivity contribution in [2.45, 2.75) is 46.1 Å². The Balaban J connectivity index is 1.92. The lowest BCUT2D eigenvalue weighted by molar-refractivity contribution is -0.115. The van der Waals surface area contributed by atoms with E-state index < -0.39 is 12.2 Å². The van der Waals surface area contributed by atoms with E-state index in [-0.39, 0.29) is 36.2 Å². The van der Waals surface area contributed by atoms with Crippen LogP contribution in [0.4, 0.5) is 20.7 Å². The molecule has 0 bridgehead atoms. The van der Waals surface area contributed by atoms with Crippen molar-refractivity contribution in [2.24, 2.45) is 5.92 Å². The smallest absolute Gasteiger partial charge is 0.297 e. The van der Waals surface area contributed by atoms with Gasteiger partial charge in [0.15, 0.2) is 0 Å². The van der Waals surface area contributed by atoms with Crippen molar-refractivity contribution in [1.29, 1.82) is 0 Å². The molecular weight excluding hydrogens is 340 g/mol. The van der Waals surface area contributed by atoms with Crippen molar-refractivity contribution < 1.29 is 13.6 Å². The van der Waals surface area contributed by atoms with Gasteiger partial charge in [0.2, 0.25) is 23.6 Å². The van der Waals surface area contributed by atoms with E-state index in [1.807, 2.05) is 6.92 Å². The molecule has 0 spiro atoms.